The van der Waals surface area contributed by atoms with Crippen molar-refractivity contribution in [2.75, 3.05) is 0 Å². The van der Waals surface area contributed by atoms with E-state index in [1.54, 1.807) is 0 Å². The van der Waals surface area contributed by atoms with Crippen LogP contribution in [-0.2, 0) is 0 Å². The van der Waals surface area contributed by atoms with Gasteiger partial charge in [-0.05, 0) is 25.7 Å². The van der Waals surface area contributed by atoms with Crippen molar-refractivity contribution in [2.45, 2.75) is 25.7 Å². The second-order valence-electron chi connectivity index (χ2n) is 3.02. The zero-order valence-corrected chi connectivity index (χ0v) is 8.86. The zero-order chi connectivity index (χ0) is 10.5. The number of hydrogen-bond donors (Lipinski definition) is 0. The van der Waals surface area contributed by atoms with Gasteiger partial charge in [-0.1, -0.05) is 48.6 Å². The Kier molecular flexibility index (Phi) is 10.6. The lowest BCUT2D eigenvalue weighted by molar-refractivity contribution is 0.764. The molecule has 0 aliphatic carbocycles. The largest absolute Gasteiger partial charge is 0.103 e. The molecule has 1 aromatic carbocycles. The molecule has 76 valence electrons. The highest BCUT2D eigenvalue weighted by molar-refractivity contribution is 4.99. The summed E-state index contributed by atoms with van der Waals surface area (Å²) in [7, 11) is 0. The summed E-state index contributed by atoms with van der Waals surface area (Å²) in [5.41, 5.74) is 0. The lowest BCUT2D eigenvalue weighted by Gasteiger charge is -1.89. The number of allylic oxidation sites excluding steroid dienone is 2. The molecule has 0 fully saturated rings. The molecule has 0 N–H and O–H groups in total. The molecule has 0 heteroatoms. The number of rotatable bonds is 5. The third kappa shape index (κ3) is 10.7. The van der Waals surface area contributed by atoms with Gasteiger partial charge in [-0.2, -0.15) is 0 Å². The Morgan fingerprint density at radius 1 is 0.643 bits per heavy atom. The van der Waals surface area contributed by atoms with E-state index in [1.807, 2.05) is 48.6 Å². The molecule has 0 aliphatic heterocycles. The van der Waals surface area contributed by atoms with Crippen LogP contribution in [0.1, 0.15) is 25.7 Å². The van der Waals surface area contributed by atoms with Crippen molar-refractivity contribution in [3.63, 3.8) is 0 Å². The van der Waals surface area contributed by atoms with Gasteiger partial charge in [-0.15, -0.1) is 13.2 Å². The van der Waals surface area contributed by atoms with E-state index >= 15 is 0 Å². The number of unbranched alkanes of at least 4 members (excludes halogenated alkanes) is 3. The van der Waals surface area contributed by atoms with Crippen LogP contribution < -0.4 is 0 Å². The maximum absolute atomic E-state index is 3.63. The molecule has 0 atom stereocenters. The van der Waals surface area contributed by atoms with Crippen LogP contribution in [0.3, 0.4) is 0 Å². The monoisotopic (exact) mass is 188 g/mol. The minimum atomic E-state index is 1.15. The van der Waals surface area contributed by atoms with E-state index in [0.29, 0.717) is 0 Å². The van der Waals surface area contributed by atoms with Gasteiger partial charge in [0.25, 0.3) is 0 Å². The van der Waals surface area contributed by atoms with Crippen molar-refractivity contribution in [1.29, 1.82) is 0 Å². The first-order valence-corrected chi connectivity index (χ1v) is 5.13. The van der Waals surface area contributed by atoms with E-state index in [4.69, 9.17) is 0 Å². The Morgan fingerprint density at radius 2 is 0.929 bits per heavy atom. The summed E-state index contributed by atoms with van der Waals surface area (Å²) in [5.74, 6) is 0. The molecule has 0 amide bonds. The molecule has 0 heterocycles. The van der Waals surface area contributed by atoms with Crippen LogP contribution in [0.4, 0.5) is 0 Å². The fourth-order valence-corrected chi connectivity index (χ4v) is 0.962. The van der Waals surface area contributed by atoms with Crippen molar-refractivity contribution in [3.05, 3.63) is 61.7 Å². The number of hydrogen-bond acceptors (Lipinski definition) is 0. The van der Waals surface area contributed by atoms with Gasteiger partial charge in [0.1, 0.15) is 0 Å². The molecule has 0 saturated heterocycles. The Bertz CT molecular complexity index is 174. The highest BCUT2D eigenvalue weighted by Gasteiger charge is 1.79. The molecule has 0 saturated carbocycles. The smallest absolute Gasteiger partial charge is 0.0353 e. The van der Waals surface area contributed by atoms with E-state index in [-0.39, 0.29) is 0 Å². The van der Waals surface area contributed by atoms with Crippen molar-refractivity contribution < 1.29 is 0 Å². The van der Waals surface area contributed by atoms with Gasteiger partial charge in [-0.3, -0.25) is 0 Å². The highest BCUT2D eigenvalue weighted by Crippen LogP contribution is 1.99. The molecule has 0 spiro atoms. The maximum Gasteiger partial charge on any atom is -0.0353 e. The van der Waals surface area contributed by atoms with Gasteiger partial charge in [-0.25, -0.2) is 0 Å². The predicted molar refractivity (Wildman–Crippen MR) is 65.3 cm³/mol. The van der Waals surface area contributed by atoms with Crippen molar-refractivity contribution in [1.82, 2.24) is 0 Å². The second-order valence-corrected chi connectivity index (χ2v) is 3.02. The Labute approximate surface area is 88.0 Å². The van der Waals surface area contributed by atoms with Gasteiger partial charge in [0.05, 0.1) is 0 Å². The molecule has 0 bridgehead atoms. The van der Waals surface area contributed by atoms with E-state index in [0.717, 1.165) is 12.8 Å². The van der Waals surface area contributed by atoms with Gasteiger partial charge >= 0.3 is 0 Å². The fourth-order valence-electron chi connectivity index (χ4n) is 0.962. The standard InChI is InChI=1S/C8H14.C6H6/c1-3-5-7-8-6-4-2;1-2-4-6-5-3-1/h3-4H,1-2,5-8H2;1-6H. The summed E-state index contributed by atoms with van der Waals surface area (Å²) in [6, 6.07) is 12.0. The summed E-state index contributed by atoms with van der Waals surface area (Å²) in [5, 5.41) is 0. The van der Waals surface area contributed by atoms with E-state index in [2.05, 4.69) is 13.2 Å². The first kappa shape index (κ1) is 12.7. The van der Waals surface area contributed by atoms with Gasteiger partial charge in [0.15, 0.2) is 0 Å². The van der Waals surface area contributed by atoms with Crippen molar-refractivity contribution >= 4 is 0 Å². The van der Waals surface area contributed by atoms with E-state index in [9.17, 15) is 0 Å². The van der Waals surface area contributed by atoms with E-state index < -0.39 is 0 Å². The second kappa shape index (κ2) is 11.7. The first-order valence-electron chi connectivity index (χ1n) is 5.13. The third-order valence-corrected chi connectivity index (χ3v) is 1.73. The average molecular weight is 188 g/mol. The Hall–Kier alpha value is -1.30. The Balaban J connectivity index is 0.000000249. The van der Waals surface area contributed by atoms with Crippen molar-refractivity contribution in [3.8, 4) is 0 Å². The molecule has 1 aromatic rings. The summed E-state index contributed by atoms with van der Waals surface area (Å²) in [6.45, 7) is 7.26. The fraction of sp³-hybridized carbons (Fsp3) is 0.286. The van der Waals surface area contributed by atoms with Crippen LogP contribution in [0.15, 0.2) is 61.7 Å². The number of benzene rings is 1. The molecule has 0 aliphatic rings. The van der Waals surface area contributed by atoms with Gasteiger partial charge in [0.2, 0.25) is 0 Å². The van der Waals surface area contributed by atoms with Crippen LogP contribution in [-0.4, -0.2) is 0 Å². The van der Waals surface area contributed by atoms with Crippen LogP contribution in [0.2, 0.25) is 0 Å². The molecule has 0 nitrogen and oxygen atoms in total. The average Bonchev–Trinajstić information content (AvgIpc) is 2.28. The summed E-state index contributed by atoms with van der Waals surface area (Å²) >= 11 is 0. The first-order chi connectivity index (χ1) is 6.91. The minimum Gasteiger partial charge on any atom is -0.103 e. The van der Waals surface area contributed by atoms with Crippen LogP contribution in [0, 0.1) is 0 Å². The topological polar surface area (TPSA) is 0 Å². The minimum absolute atomic E-state index is 1.15. The molecule has 0 radical (unpaired) electrons. The van der Waals surface area contributed by atoms with Crippen LogP contribution in [0.25, 0.3) is 0 Å². The third-order valence-electron chi connectivity index (χ3n) is 1.73. The van der Waals surface area contributed by atoms with Gasteiger partial charge in [0, 0.05) is 0 Å². The summed E-state index contributed by atoms with van der Waals surface area (Å²) in [6.07, 6.45) is 8.74. The molecule has 1 rings (SSSR count). The molecular formula is C14H20. The Morgan fingerprint density at radius 3 is 1.14 bits per heavy atom. The summed E-state index contributed by atoms with van der Waals surface area (Å²) < 4.78 is 0. The predicted octanol–water partition coefficient (Wildman–Crippen LogP) is 4.61. The lowest BCUT2D eigenvalue weighted by Crippen LogP contribution is -1.69. The zero-order valence-electron chi connectivity index (χ0n) is 8.86. The SMILES string of the molecule is C=CCCCCC=C.c1ccccc1. The van der Waals surface area contributed by atoms with Crippen LogP contribution >= 0.6 is 0 Å². The normalized spacial score (nSPS) is 8.29. The van der Waals surface area contributed by atoms with E-state index in [1.165, 1.54) is 12.8 Å². The molecule has 14 heavy (non-hydrogen) atoms. The lowest BCUT2D eigenvalue weighted by atomic mass is 10.2. The highest BCUT2D eigenvalue weighted by atomic mass is 13.9. The summed E-state index contributed by atoms with van der Waals surface area (Å²) in [4.78, 5) is 0. The quantitative estimate of drug-likeness (QED) is 0.467. The van der Waals surface area contributed by atoms with Crippen LogP contribution in [0.5, 0.6) is 0 Å². The molecule has 0 aromatic heterocycles. The maximum atomic E-state index is 3.63. The van der Waals surface area contributed by atoms with Gasteiger partial charge < -0.3 is 0 Å². The molecular weight excluding hydrogens is 168 g/mol. The molecule has 0 unspecified atom stereocenters. The van der Waals surface area contributed by atoms with Crippen molar-refractivity contribution in [2.24, 2.45) is 0 Å².